The maximum Gasteiger partial charge on any atom is 0.227 e. The first kappa shape index (κ1) is 18.2. The standard InChI is InChI=1S/C14H21ClN2O.ClH/c1-9(10(2)16)14(18)17(4)11(3)12-7-5-6-8-13(12)15;/h5-11H,16H2,1-4H3;1H. The van der Waals surface area contributed by atoms with Crippen LogP contribution in [0.3, 0.4) is 0 Å². The van der Waals surface area contributed by atoms with E-state index in [9.17, 15) is 4.79 Å². The molecule has 0 radical (unpaired) electrons. The third kappa shape index (κ3) is 4.37. The van der Waals surface area contributed by atoms with Gasteiger partial charge in [-0.05, 0) is 25.5 Å². The molecule has 0 saturated carbocycles. The van der Waals surface area contributed by atoms with Crippen molar-refractivity contribution in [2.75, 3.05) is 7.05 Å². The molecule has 0 bridgehead atoms. The SMILES string of the molecule is CC(N)C(C)C(=O)N(C)C(C)c1ccccc1Cl.Cl. The van der Waals surface area contributed by atoms with Gasteiger partial charge in [0.05, 0.1) is 12.0 Å². The Kier molecular flexibility index (Phi) is 7.42. The number of hydrogen-bond acceptors (Lipinski definition) is 2. The van der Waals surface area contributed by atoms with Crippen LogP contribution in [0.25, 0.3) is 0 Å². The summed E-state index contributed by atoms with van der Waals surface area (Å²) >= 11 is 6.15. The number of carbonyl (C=O) groups excluding carboxylic acids is 1. The Morgan fingerprint density at radius 3 is 2.26 bits per heavy atom. The quantitative estimate of drug-likeness (QED) is 0.928. The predicted molar refractivity (Wildman–Crippen MR) is 82.7 cm³/mol. The fourth-order valence-electron chi connectivity index (χ4n) is 1.76. The second kappa shape index (κ2) is 7.73. The molecule has 0 fully saturated rings. The number of nitrogens with two attached hydrogens (primary N) is 1. The van der Waals surface area contributed by atoms with Gasteiger partial charge in [0.2, 0.25) is 5.91 Å². The highest BCUT2D eigenvalue weighted by Gasteiger charge is 2.25. The summed E-state index contributed by atoms with van der Waals surface area (Å²) in [6, 6.07) is 7.36. The van der Waals surface area contributed by atoms with E-state index >= 15 is 0 Å². The molecule has 0 aromatic heterocycles. The molecule has 0 heterocycles. The van der Waals surface area contributed by atoms with Crippen molar-refractivity contribution in [3.63, 3.8) is 0 Å². The monoisotopic (exact) mass is 304 g/mol. The molecule has 0 aliphatic carbocycles. The van der Waals surface area contributed by atoms with Crippen LogP contribution in [0.4, 0.5) is 0 Å². The Balaban J connectivity index is 0.00000324. The van der Waals surface area contributed by atoms with Gasteiger partial charge in [-0.15, -0.1) is 12.4 Å². The van der Waals surface area contributed by atoms with E-state index in [1.165, 1.54) is 0 Å². The summed E-state index contributed by atoms with van der Waals surface area (Å²) in [5.41, 5.74) is 6.72. The molecule has 0 saturated heterocycles. The smallest absolute Gasteiger partial charge is 0.227 e. The maximum absolute atomic E-state index is 12.2. The summed E-state index contributed by atoms with van der Waals surface area (Å²) in [7, 11) is 1.79. The number of halogens is 2. The minimum atomic E-state index is -0.195. The summed E-state index contributed by atoms with van der Waals surface area (Å²) < 4.78 is 0. The summed E-state index contributed by atoms with van der Waals surface area (Å²) in [5, 5.41) is 0.679. The number of rotatable bonds is 4. The lowest BCUT2D eigenvalue weighted by molar-refractivity contribution is -0.136. The predicted octanol–water partition coefficient (Wildman–Crippen LogP) is 3.26. The highest BCUT2D eigenvalue weighted by molar-refractivity contribution is 6.31. The summed E-state index contributed by atoms with van der Waals surface area (Å²) in [6.45, 7) is 5.66. The van der Waals surface area contributed by atoms with Gasteiger partial charge in [0.15, 0.2) is 0 Å². The molecule has 0 aliphatic rings. The first-order valence-corrected chi connectivity index (χ1v) is 6.50. The van der Waals surface area contributed by atoms with Gasteiger partial charge in [-0.1, -0.05) is 36.7 Å². The average molecular weight is 305 g/mol. The zero-order valence-corrected chi connectivity index (χ0v) is 13.3. The van der Waals surface area contributed by atoms with Gasteiger partial charge < -0.3 is 10.6 Å². The average Bonchev–Trinajstić information content (AvgIpc) is 2.35. The van der Waals surface area contributed by atoms with E-state index in [1.54, 1.807) is 11.9 Å². The fraction of sp³-hybridized carbons (Fsp3) is 0.500. The minimum absolute atomic E-state index is 0. The molecule has 1 rings (SSSR count). The van der Waals surface area contributed by atoms with Gasteiger partial charge >= 0.3 is 0 Å². The molecule has 5 heteroatoms. The number of nitrogens with zero attached hydrogens (tertiary/aromatic N) is 1. The van der Waals surface area contributed by atoms with Gasteiger partial charge in [-0.3, -0.25) is 4.79 Å². The number of benzene rings is 1. The van der Waals surface area contributed by atoms with E-state index < -0.39 is 0 Å². The first-order chi connectivity index (χ1) is 8.36. The van der Waals surface area contributed by atoms with Gasteiger partial charge in [0.25, 0.3) is 0 Å². The lowest BCUT2D eigenvalue weighted by Crippen LogP contribution is -2.40. The van der Waals surface area contributed by atoms with E-state index in [4.69, 9.17) is 17.3 Å². The van der Waals surface area contributed by atoms with Crippen LogP contribution >= 0.6 is 24.0 Å². The molecule has 3 atom stereocenters. The minimum Gasteiger partial charge on any atom is -0.339 e. The number of amides is 1. The molecular weight excluding hydrogens is 283 g/mol. The molecular formula is C14H22Cl2N2O. The fourth-order valence-corrected chi connectivity index (χ4v) is 2.05. The second-order valence-corrected chi connectivity index (χ2v) is 5.20. The molecule has 108 valence electrons. The summed E-state index contributed by atoms with van der Waals surface area (Å²) in [4.78, 5) is 13.9. The van der Waals surface area contributed by atoms with Crippen molar-refractivity contribution in [2.24, 2.45) is 11.7 Å². The van der Waals surface area contributed by atoms with Gasteiger partial charge in [0, 0.05) is 18.1 Å². The molecule has 3 nitrogen and oxygen atoms in total. The summed E-state index contributed by atoms with van der Waals surface area (Å²) in [5.74, 6) is -0.155. The van der Waals surface area contributed by atoms with E-state index in [0.717, 1.165) is 5.56 Å². The van der Waals surface area contributed by atoms with Crippen LogP contribution in [0, 0.1) is 5.92 Å². The van der Waals surface area contributed by atoms with Crippen molar-refractivity contribution in [1.82, 2.24) is 4.90 Å². The first-order valence-electron chi connectivity index (χ1n) is 6.13. The van der Waals surface area contributed by atoms with Crippen molar-refractivity contribution in [3.8, 4) is 0 Å². The van der Waals surface area contributed by atoms with Crippen LogP contribution in [0.5, 0.6) is 0 Å². The number of carbonyl (C=O) groups is 1. The van der Waals surface area contributed by atoms with Crippen molar-refractivity contribution < 1.29 is 4.79 Å². The molecule has 2 N–H and O–H groups in total. The topological polar surface area (TPSA) is 46.3 Å². The van der Waals surface area contributed by atoms with Crippen LogP contribution in [0.1, 0.15) is 32.4 Å². The molecule has 1 aromatic carbocycles. The van der Waals surface area contributed by atoms with Crippen molar-refractivity contribution in [3.05, 3.63) is 34.9 Å². The van der Waals surface area contributed by atoms with E-state index in [-0.39, 0.29) is 36.3 Å². The Hall–Kier alpha value is -0.770. The molecule has 0 spiro atoms. The van der Waals surface area contributed by atoms with Crippen LogP contribution in [-0.2, 0) is 4.79 Å². The van der Waals surface area contributed by atoms with Crippen LogP contribution in [-0.4, -0.2) is 23.9 Å². The Morgan fingerprint density at radius 2 is 1.79 bits per heavy atom. The molecule has 0 aliphatic heterocycles. The van der Waals surface area contributed by atoms with Crippen LogP contribution in [0.2, 0.25) is 5.02 Å². The van der Waals surface area contributed by atoms with Crippen molar-refractivity contribution in [1.29, 1.82) is 0 Å². The van der Waals surface area contributed by atoms with Crippen molar-refractivity contribution in [2.45, 2.75) is 32.9 Å². The maximum atomic E-state index is 12.2. The molecule has 3 unspecified atom stereocenters. The Morgan fingerprint density at radius 1 is 1.26 bits per heavy atom. The van der Waals surface area contributed by atoms with Crippen LogP contribution < -0.4 is 5.73 Å². The third-order valence-corrected chi connectivity index (χ3v) is 3.81. The Labute approximate surface area is 126 Å². The molecule has 1 amide bonds. The zero-order chi connectivity index (χ0) is 13.9. The molecule has 19 heavy (non-hydrogen) atoms. The lowest BCUT2D eigenvalue weighted by atomic mass is 10.0. The third-order valence-electron chi connectivity index (χ3n) is 3.46. The highest BCUT2D eigenvalue weighted by Crippen LogP contribution is 2.27. The van der Waals surface area contributed by atoms with E-state index in [0.29, 0.717) is 5.02 Å². The van der Waals surface area contributed by atoms with Gasteiger partial charge in [-0.25, -0.2) is 0 Å². The van der Waals surface area contributed by atoms with Gasteiger partial charge in [-0.2, -0.15) is 0 Å². The Bertz CT molecular complexity index is 424. The second-order valence-electron chi connectivity index (χ2n) is 4.79. The lowest BCUT2D eigenvalue weighted by Gasteiger charge is -2.29. The van der Waals surface area contributed by atoms with Gasteiger partial charge in [0.1, 0.15) is 0 Å². The molecule has 1 aromatic rings. The largest absolute Gasteiger partial charge is 0.339 e. The van der Waals surface area contributed by atoms with Crippen LogP contribution in [0.15, 0.2) is 24.3 Å². The normalized spacial score (nSPS) is 15.1. The van der Waals surface area contributed by atoms with E-state index in [1.807, 2.05) is 45.0 Å². The highest BCUT2D eigenvalue weighted by atomic mass is 35.5. The zero-order valence-electron chi connectivity index (χ0n) is 11.8. The summed E-state index contributed by atoms with van der Waals surface area (Å²) in [6.07, 6.45) is 0. The van der Waals surface area contributed by atoms with Crippen molar-refractivity contribution >= 4 is 29.9 Å². The van der Waals surface area contributed by atoms with E-state index in [2.05, 4.69) is 0 Å². The number of hydrogen-bond donors (Lipinski definition) is 1.